The molecule has 1 saturated heterocycles. The molecule has 1 saturated carbocycles. The summed E-state index contributed by atoms with van der Waals surface area (Å²) in [6.07, 6.45) is 6.04. The van der Waals surface area contributed by atoms with Crippen LogP contribution in [0, 0.1) is 0 Å². The first kappa shape index (κ1) is 14.7. The number of nitrogens with two attached hydrogens (primary N) is 1. The third-order valence-corrected chi connectivity index (χ3v) is 4.98. The van der Waals surface area contributed by atoms with Gasteiger partial charge in [0.05, 0.1) is 0 Å². The standard InChI is InChI=1S/C16H27N5/c1-20-7-8-21(2)13(11-20)9-16-18-14(10-15(17)19-16)12-5-3-4-6-12/h10,12-13H,3-9,11H2,1-2H3,(H2,17,18,19). The van der Waals surface area contributed by atoms with Crippen molar-refractivity contribution in [2.24, 2.45) is 0 Å². The number of likely N-dealkylation sites (N-methyl/N-ethyl adjacent to an activating group) is 2. The SMILES string of the molecule is CN1CCN(C)C(Cc2nc(N)cc(C3CCCC3)n2)C1. The van der Waals surface area contributed by atoms with E-state index in [1.54, 1.807) is 0 Å². The Morgan fingerprint density at radius 2 is 1.95 bits per heavy atom. The van der Waals surface area contributed by atoms with Gasteiger partial charge in [0.25, 0.3) is 0 Å². The summed E-state index contributed by atoms with van der Waals surface area (Å²) in [6.45, 7) is 3.32. The van der Waals surface area contributed by atoms with E-state index in [2.05, 4.69) is 28.9 Å². The van der Waals surface area contributed by atoms with Crippen molar-refractivity contribution in [3.63, 3.8) is 0 Å². The van der Waals surface area contributed by atoms with Crippen LogP contribution in [0.2, 0.25) is 0 Å². The van der Waals surface area contributed by atoms with Crippen LogP contribution < -0.4 is 5.73 Å². The lowest BCUT2D eigenvalue weighted by atomic mass is 10.0. The molecule has 116 valence electrons. The number of rotatable bonds is 3. The molecular weight excluding hydrogens is 262 g/mol. The second kappa shape index (κ2) is 6.28. The minimum absolute atomic E-state index is 0.488. The Labute approximate surface area is 127 Å². The van der Waals surface area contributed by atoms with Gasteiger partial charge in [-0.25, -0.2) is 9.97 Å². The first-order valence-electron chi connectivity index (χ1n) is 8.14. The molecule has 1 aliphatic carbocycles. The molecule has 1 aliphatic heterocycles. The van der Waals surface area contributed by atoms with Gasteiger partial charge in [-0.1, -0.05) is 12.8 Å². The van der Waals surface area contributed by atoms with E-state index in [0.717, 1.165) is 31.9 Å². The van der Waals surface area contributed by atoms with Crippen molar-refractivity contribution >= 4 is 5.82 Å². The van der Waals surface area contributed by atoms with Crippen molar-refractivity contribution in [3.8, 4) is 0 Å². The summed E-state index contributed by atoms with van der Waals surface area (Å²) in [4.78, 5) is 14.1. The van der Waals surface area contributed by atoms with Crippen molar-refractivity contribution in [3.05, 3.63) is 17.6 Å². The molecule has 5 heteroatoms. The Morgan fingerprint density at radius 1 is 1.19 bits per heavy atom. The van der Waals surface area contributed by atoms with Crippen molar-refractivity contribution in [1.29, 1.82) is 0 Å². The molecule has 1 unspecified atom stereocenters. The van der Waals surface area contributed by atoms with E-state index in [1.807, 2.05) is 6.07 Å². The normalized spacial score (nSPS) is 25.5. The van der Waals surface area contributed by atoms with Gasteiger partial charge in [0.2, 0.25) is 0 Å². The van der Waals surface area contributed by atoms with Gasteiger partial charge in [-0.3, -0.25) is 0 Å². The van der Waals surface area contributed by atoms with Gasteiger partial charge >= 0.3 is 0 Å². The van der Waals surface area contributed by atoms with Crippen LogP contribution >= 0.6 is 0 Å². The molecule has 1 atom stereocenters. The van der Waals surface area contributed by atoms with Crippen molar-refractivity contribution in [2.45, 2.75) is 44.1 Å². The highest BCUT2D eigenvalue weighted by atomic mass is 15.3. The Kier molecular flexibility index (Phi) is 4.40. The zero-order valence-electron chi connectivity index (χ0n) is 13.3. The molecule has 0 radical (unpaired) electrons. The van der Waals surface area contributed by atoms with Crippen LogP contribution in [-0.4, -0.2) is 59.5 Å². The molecule has 0 spiro atoms. The molecule has 0 amide bonds. The Bertz CT molecular complexity index is 484. The van der Waals surface area contributed by atoms with Crippen molar-refractivity contribution < 1.29 is 0 Å². The molecule has 21 heavy (non-hydrogen) atoms. The van der Waals surface area contributed by atoms with Gasteiger partial charge in [-0.15, -0.1) is 0 Å². The second-order valence-electron chi connectivity index (χ2n) is 6.72. The molecule has 0 bridgehead atoms. The maximum Gasteiger partial charge on any atom is 0.132 e. The third kappa shape index (κ3) is 3.52. The van der Waals surface area contributed by atoms with Crippen LogP contribution in [-0.2, 0) is 6.42 Å². The minimum atomic E-state index is 0.488. The maximum atomic E-state index is 6.02. The highest BCUT2D eigenvalue weighted by Gasteiger charge is 2.25. The zero-order chi connectivity index (χ0) is 14.8. The summed E-state index contributed by atoms with van der Waals surface area (Å²) in [6, 6.07) is 2.47. The predicted octanol–water partition coefficient (Wildman–Crippen LogP) is 1.50. The van der Waals surface area contributed by atoms with E-state index in [4.69, 9.17) is 10.7 Å². The summed E-state index contributed by atoms with van der Waals surface area (Å²) in [5, 5.41) is 0. The van der Waals surface area contributed by atoms with Gasteiger partial charge in [-0.2, -0.15) is 0 Å². The Morgan fingerprint density at radius 3 is 2.71 bits per heavy atom. The fourth-order valence-corrected chi connectivity index (χ4v) is 3.59. The molecule has 1 aromatic rings. The van der Waals surface area contributed by atoms with Crippen LogP contribution in [0.25, 0.3) is 0 Å². The lowest BCUT2D eigenvalue weighted by molar-refractivity contribution is 0.113. The summed E-state index contributed by atoms with van der Waals surface area (Å²) in [7, 11) is 4.38. The van der Waals surface area contributed by atoms with Crippen LogP contribution in [0.15, 0.2) is 6.07 Å². The molecule has 0 aromatic carbocycles. The van der Waals surface area contributed by atoms with E-state index >= 15 is 0 Å². The molecule has 2 heterocycles. The summed E-state index contributed by atoms with van der Waals surface area (Å²) in [5.74, 6) is 2.15. The van der Waals surface area contributed by atoms with E-state index < -0.39 is 0 Å². The van der Waals surface area contributed by atoms with Gasteiger partial charge in [0.1, 0.15) is 11.6 Å². The largest absolute Gasteiger partial charge is 0.384 e. The second-order valence-corrected chi connectivity index (χ2v) is 6.72. The molecule has 2 aliphatic rings. The van der Waals surface area contributed by atoms with Gasteiger partial charge < -0.3 is 15.5 Å². The average molecular weight is 289 g/mol. The molecular formula is C16H27N5. The fourth-order valence-electron chi connectivity index (χ4n) is 3.59. The van der Waals surface area contributed by atoms with Gasteiger partial charge in [-0.05, 0) is 26.9 Å². The molecule has 2 fully saturated rings. The highest BCUT2D eigenvalue weighted by molar-refractivity contribution is 5.32. The van der Waals surface area contributed by atoms with Crippen LogP contribution in [0.4, 0.5) is 5.82 Å². The van der Waals surface area contributed by atoms with E-state index in [1.165, 1.54) is 31.4 Å². The van der Waals surface area contributed by atoms with E-state index in [-0.39, 0.29) is 0 Å². The summed E-state index contributed by atoms with van der Waals surface area (Å²) < 4.78 is 0. The summed E-state index contributed by atoms with van der Waals surface area (Å²) >= 11 is 0. The Hall–Kier alpha value is -1.20. The number of hydrogen-bond donors (Lipinski definition) is 1. The lowest BCUT2D eigenvalue weighted by Crippen LogP contribution is -2.51. The number of hydrogen-bond acceptors (Lipinski definition) is 5. The minimum Gasteiger partial charge on any atom is -0.384 e. The van der Waals surface area contributed by atoms with Crippen molar-refractivity contribution in [1.82, 2.24) is 19.8 Å². The average Bonchev–Trinajstić information content (AvgIpc) is 2.96. The number of aromatic nitrogens is 2. The number of piperazine rings is 1. The smallest absolute Gasteiger partial charge is 0.132 e. The van der Waals surface area contributed by atoms with E-state index in [9.17, 15) is 0 Å². The van der Waals surface area contributed by atoms with Crippen LogP contribution in [0.5, 0.6) is 0 Å². The highest BCUT2D eigenvalue weighted by Crippen LogP contribution is 2.33. The number of nitrogen functional groups attached to an aromatic ring is 1. The Balaban J connectivity index is 1.75. The van der Waals surface area contributed by atoms with E-state index in [0.29, 0.717) is 17.8 Å². The topological polar surface area (TPSA) is 58.3 Å². The zero-order valence-corrected chi connectivity index (χ0v) is 13.3. The van der Waals surface area contributed by atoms with Crippen LogP contribution in [0.1, 0.15) is 43.1 Å². The molecule has 1 aromatic heterocycles. The first-order chi connectivity index (χ1) is 10.1. The summed E-state index contributed by atoms with van der Waals surface area (Å²) in [5.41, 5.74) is 7.19. The number of nitrogens with zero attached hydrogens (tertiary/aromatic N) is 4. The monoisotopic (exact) mass is 289 g/mol. The fraction of sp³-hybridized carbons (Fsp3) is 0.750. The quantitative estimate of drug-likeness (QED) is 0.914. The lowest BCUT2D eigenvalue weighted by Gasteiger charge is -2.37. The third-order valence-electron chi connectivity index (χ3n) is 4.98. The molecule has 2 N–H and O–H groups in total. The van der Waals surface area contributed by atoms with Crippen molar-refractivity contribution in [2.75, 3.05) is 39.5 Å². The first-order valence-corrected chi connectivity index (χ1v) is 8.14. The maximum absolute atomic E-state index is 6.02. The predicted molar refractivity (Wildman–Crippen MR) is 85.3 cm³/mol. The van der Waals surface area contributed by atoms with Gasteiger partial charge in [0.15, 0.2) is 0 Å². The molecule has 5 nitrogen and oxygen atoms in total. The molecule has 3 rings (SSSR count). The number of anilines is 1. The van der Waals surface area contributed by atoms with Gasteiger partial charge in [0, 0.05) is 49.8 Å². The van der Waals surface area contributed by atoms with Crippen LogP contribution in [0.3, 0.4) is 0 Å².